The molecule has 3 heteroatoms. The number of aryl methyl sites for hydroxylation is 4. The Morgan fingerprint density at radius 3 is 2.33 bits per heavy atom. The third-order valence-corrected chi connectivity index (χ3v) is 2.82. The van der Waals surface area contributed by atoms with Gasteiger partial charge in [0.15, 0.2) is 0 Å². The number of nitrogens with zero attached hydrogens (tertiary/aromatic N) is 1. The highest BCUT2D eigenvalue weighted by molar-refractivity contribution is 5.71. The zero-order chi connectivity index (χ0) is 10.3. The fraction of sp³-hybridized carbons (Fsp3) is 0.417. The molecule has 1 aromatic heterocycles. The smallest absolute Gasteiger partial charge is 0.344 e. The molecule has 0 saturated carbocycles. The van der Waals surface area contributed by atoms with E-state index in [1.165, 1.54) is 16.6 Å². The number of benzene rings is 1. The van der Waals surface area contributed by atoms with Crippen LogP contribution in [0.25, 0.3) is 11.1 Å². The van der Waals surface area contributed by atoms with Crippen molar-refractivity contribution >= 4 is 11.1 Å². The summed E-state index contributed by atoms with van der Waals surface area (Å²) < 4.78 is 7.88. The lowest BCUT2D eigenvalue weighted by molar-refractivity contribution is -0.679. The molecule has 2 nitrogen and oxygen atoms in total. The molecule has 0 bridgehead atoms. The average Bonchev–Trinajstić information content (AvgIpc) is 2.42. The molecule has 0 aliphatic rings. The molecule has 0 aliphatic heterocycles. The molecule has 0 atom stereocenters. The van der Waals surface area contributed by atoms with Gasteiger partial charge in [0, 0.05) is 6.07 Å². The first-order valence-electron chi connectivity index (χ1n) is 5.03. The Morgan fingerprint density at radius 1 is 1.13 bits per heavy atom. The van der Waals surface area contributed by atoms with Crippen LogP contribution in [0, 0.1) is 20.8 Å². The van der Waals surface area contributed by atoms with Gasteiger partial charge in [0.25, 0.3) is 5.52 Å². The molecule has 0 spiro atoms. The Morgan fingerprint density at radius 2 is 1.73 bits per heavy atom. The van der Waals surface area contributed by atoms with E-state index in [1.54, 1.807) is 0 Å². The molecule has 0 N–H and O–H groups in total. The molecule has 0 saturated heterocycles. The van der Waals surface area contributed by atoms with Crippen molar-refractivity contribution in [1.82, 2.24) is 0 Å². The Balaban J connectivity index is 0.00000112. The molecule has 15 heavy (non-hydrogen) atoms. The summed E-state index contributed by atoms with van der Waals surface area (Å²) >= 11 is 0. The zero-order valence-electron chi connectivity index (χ0n) is 9.60. The highest BCUT2D eigenvalue weighted by Crippen LogP contribution is 2.18. The molecule has 82 valence electrons. The topological polar surface area (TPSA) is 17.0 Å². The maximum Gasteiger partial charge on any atom is 0.344 e. The second-order valence-corrected chi connectivity index (χ2v) is 3.77. The zero-order valence-corrected chi connectivity index (χ0v) is 11.8. The molecule has 0 aliphatic carbocycles. The van der Waals surface area contributed by atoms with E-state index in [2.05, 4.69) is 37.5 Å². The van der Waals surface area contributed by atoms with E-state index in [0.717, 1.165) is 18.0 Å². The average molecular weight is 317 g/mol. The van der Waals surface area contributed by atoms with Gasteiger partial charge in [-0.05, 0) is 38.0 Å². The largest absolute Gasteiger partial charge is 1.00 e. The van der Waals surface area contributed by atoms with Crippen molar-refractivity contribution in [3.05, 3.63) is 29.2 Å². The lowest BCUT2D eigenvalue weighted by Crippen LogP contribution is -3.00. The minimum Gasteiger partial charge on any atom is -1.00 e. The van der Waals surface area contributed by atoms with Crippen LogP contribution in [0.1, 0.15) is 23.9 Å². The van der Waals surface area contributed by atoms with Gasteiger partial charge in [-0.3, -0.25) is 0 Å². The molecule has 2 aromatic rings. The fourth-order valence-electron chi connectivity index (χ4n) is 1.84. The molecule has 0 radical (unpaired) electrons. The lowest BCUT2D eigenvalue weighted by Gasteiger charge is -1.95. The minimum atomic E-state index is 0. The molecule has 0 unspecified atom stereocenters. The van der Waals surface area contributed by atoms with Gasteiger partial charge in [-0.1, -0.05) is 0 Å². The van der Waals surface area contributed by atoms with Crippen LogP contribution in [-0.4, -0.2) is 0 Å². The SMILES string of the molecule is CC[n+]1c(C)oc2cc(C)c(C)cc21.[I-]. The van der Waals surface area contributed by atoms with Crippen molar-refractivity contribution < 1.29 is 33.0 Å². The van der Waals surface area contributed by atoms with E-state index in [0.29, 0.717) is 0 Å². The Hall–Kier alpha value is -0.580. The van der Waals surface area contributed by atoms with E-state index in [4.69, 9.17) is 4.42 Å². The standard InChI is InChI=1S/C12H16NO.HI/c1-5-13-10(4)14-12-7-9(3)8(2)6-11(12)13;/h6-7H,5H2,1-4H3;1H/q+1;/p-1. The normalized spacial score (nSPS) is 10.4. The number of aromatic nitrogens is 1. The maximum absolute atomic E-state index is 5.69. The van der Waals surface area contributed by atoms with Crippen molar-refractivity contribution in [3.63, 3.8) is 0 Å². The first-order chi connectivity index (χ1) is 6.63. The number of hydrogen-bond donors (Lipinski definition) is 0. The minimum absolute atomic E-state index is 0. The van der Waals surface area contributed by atoms with E-state index < -0.39 is 0 Å². The van der Waals surface area contributed by atoms with Crippen molar-refractivity contribution in [2.45, 2.75) is 34.2 Å². The quantitative estimate of drug-likeness (QED) is 0.520. The van der Waals surface area contributed by atoms with Crippen LogP contribution in [0.3, 0.4) is 0 Å². The summed E-state index contributed by atoms with van der Waals surface area (Å²) in [4.78, 5) is 0. The third kappa shape index (κ3) is 2.02. The number of rotatable bonds is 1. The highest BCUT2D eigenvalue weighted by atomic mass is 127. The van der Waals surface area contributed by atoms with Gasteiger partial charge in [0.1, 0.15) is 6.54 Å². The van der Waals surface area contributed by atoms with Gasteiger partial charge < -0.3 is 28.4 Å². The molecular weight excluding hydrogens is 301 g/mol. The van der Waals surface area contributed by atoms with Crippen molar-refractivity contribution in [1.29, 1.82) is 0 Å². The van der Waals surface area contributed by atoms with Crippen LogP contribution in [-0.2, 0) is 6.54 Å². The summed E-state index contributed by atoms with van der Waals surface area (Å²) in [5.74, 6) is 0.979. The third-order valence-electron chi connectivity index (χ3n) is 2.82. The van der Waals surface area contributed by atoms with Gasteiger partial charge >= 0.3 is 5.89 Å². The Kier molecular flexibility index (Phi) is 3.76. The van der Waals surface area contributed by atoms with Crippen LogP contribution >= 0.6 is 0 Å². The van der Waals surface area contributed by atoms with Crippen LogP contribution in [0.2, 0.25) is 0 Å². The fourth-order valence-corrected chi connectivity index (χ4v) is 1.84. The van der Waals surface area contributed by atoms with E-state index in [1.807, 2.05) is 6.92 Å². The summed E-state index contributed by atoms with van der Waals surface area (Å²) in [5.41, 5.74) is 4.80. The number of hydrogen-bond acceptors (Lipinski definition) is 1. The predicted octanol–water partition coefficient (Wildman–Crippen LogP) is -0.331. The van der Waals surface area contributed by atoms with Crippen molar-refractivity contribution in [3.8, 4) is 0 Å². The van der Waals surface area contributed by atoms with Crippen molar-refractivity contribution in [2.24, 2.45) is 0 Å². The lowest BCUT2D eigenvalue weighted by atomic mass is 10.1. The van der Waals surface area contributed by atoms with E-state index in [-0.39, 0.29) is 24.0 Å². The van der Waals surface area contributed by atoms with Crippen molar-refractivity contribution in [2.75, 3.05) is 0 Å². The highest BCUT2D eigenvalue weighted by Gasteiger charge is 2.17. The maximum atomic E-state index is 5.69. The van der Waals surface area contributed by atoms with Gasteiger partial charge in [-0.15, -0.1) is 0 Å². The molecule has 1 heterocycles. The monoisotopic (exact) mass is 317 g/mol. The van der Waals surface area contributed by atoms with Crippen LogP contribution in [0.4, 0.5) is 0 Å². The molecule has 2 rings (SSSR count). The summed E-state index contributed by atoms with van der Waals surface area (Å²) in [7, 11) is 0. The molecular formula is C12H16INO. The number of halogens is 1. The molecule has 1 aromatic carbocycles. The van der Waals surface area contributed by atoms with Crippen LogP contribution in [0.15, 0.2) is 16.5 Å². The molecule has 0 amide bonds. The number of fused-ring (bicyclic) bond motifs is 1. The van der Waals surface area contributed by atoms with Gasteiger partial charge in [-0.25, -0.2) is 0 Å². The summed E-state index contributed by atoms with van der Waals surface area (Å²) in [5, 5.41) is 0. The second-order valence-electron chi connectivity index (χ2n) is 3.77. The first kappa shape index (κ1) is 12.5. The number of oxazole rings is 1. The van der Waals surface area contributed by atoms with Gasteiger partial charge in [0.2, 0.25) is 5.58 Å². The Labute approximate surface area is 107 Å². The van der Waals surface area contributed by atoms with E-state index in [9.17, 15) is 0 Å². The summed E-state index contributed by atoms with van der Waals surface area (Å²) in [6.07, 6.45) is 0. The van der Waals surface area contributed by atoms with Gasteiger partial charge in [0.05, 0.1) is 6.92 Å². The summed E-state index contributed by atoms with van der Waals surface area (Å²) in [6, 6.07) is 4.31. The predicted molar refractivity (Wildman–Crippen MR) is 56.3 cm³/mol. The van der Waals surface area contributed by atoms with Crippen LogP contribution in [0.5, 0.6) is 0 Å². The Bertz CT molecular complexity index is 488. The second kappa shape index (κ2) is 4.51. The summed E-state index contributed by atoms with van der Waals surface area (Å²) in [6.45, 7) is 9.35. The van der Waals surface area contributed by atoms with E-state index >= 15 is 0 Å². The molecule has 0 fully saturated rings. The van der Waals surface area contributed by atoms with Gasteiger partial charge in [-0.2, -0.15) is 4.57 Å². The van der Waals surface area contributed by atoms with Crippen LogP contribution < -0.4 is 28.5 Å². The first-order valence-corrected chi connectivity index (χ1v) is 5.03.